The van der Waals surface area contributed by atoms with Crippen LogP contribution in [0.5, 0.6) is 5.75 Å². The summed E-state index contributed by atoms with van der Waals surface area (Å²) in [5.74, 6) is 1.52. The van der Waals surface area contributed by atoms with Crippen molar-refractivity contribution in [2.24, 2.45) is 5.92 Å². The fourth-order valence-corrected chi connectivity index (χ4v) is 2.15. The van der Waals surface area contributed by atoms with Crippen LogP contribution in [0.4, 0.5) is 0 Å². The Balaban J connectivity index is 1.98. The first-order chi connectivity index (χ1) is 9.11. The van der Waals surface area contributed by atoms with Crippen molar-refractivity contribution in [3.05, 3.63) is 11.9 Å². The molecule has 0 saturated heterocycles. The number of rotatable bonds is 8. The van der Waals surface area contributed by atoms with Crippen molar-refractivity contribution in [3.63, 3.8) is 0 Å². The Bertz CT molecular complexity index is 436. The zero-order valence-corrected chi connectivity index (χ0v) is 12.1. The van der Waals surface area contributed by atoms with Crippen LogP contribution >= 0.6 is 0 Å². The Morgan fingerprint density at radius 3 is 2.84 bits per heavy atom. The van der Waals surface area contributed by atoms with Gasteiger partial charge in [0.2, 0.25) is 0 Å². The molecule has 1 aliphatic rings. The van der Waals surface area contributed by atoms with Crippen LogP contribution in [-0.4, -0.2) is 48.2 Å². The average Bonchev–Trinajstić information content (AvgIpc) is 3.15. The zero-order chi connectivity index (χ0) is 13.8. The van der Waals surface area contributed by atoms with Gasteiger partial charge in [0.15, 0.2) is 5.75 Å². The number of hydrogen-bond acceptors (Lipinski definition) is 4. The SMILES string of the molecule is COc1cnn(CCN(C)C)c1CCC(=O)C1CC1. The van der Waals surface area contributed by atoms with Crippen LogP contribution < -0.4 is 4.74 Å². The van der Waals surface area contributed by atoms with Crippen LogP contribution in [0.1, 0.15) is 25.0 Å². The molecular weight excluding hydrogens is 242 g/mol. The Hall–Kier alpha value is -1.36. The molecule has 1 fully saturated rings. The van der Waals surface area contributed by atoms with Crippen molar-refractivity contribution >= 4 is 5.78 Å². The zero-order valence-electron chi connectivity index (χ0n) is 12.1. The fraction of sp³-hybridized carbons (Fsp3) is 0.714. The van der Waals surface area contributed by atoms with Gasteiger partial charge in [-0.05, 0) is 33.4 Å². The highest BCUT2D eigenvalue weighted by molar-refractivity contribution is 5.83. The minimum Gasteiger partial charge on any atom is -0.493 e. The molecule has 0 unspecified atom stereocenters. The molecule has 0 amide bonds. The number of ketones is 1. The molecule has 1 saturated carbocycles. The third-order valence-electron chi connectivity index (χ3n) is 3.53. The van der Waals surface area contributed by atoms with Crippen molar-refractivity contribution in [1.29, 1.82) is 0 Å². The number of aromatic nitrogens is 2. The van der Waals surface area contributed by atoms with E-state index in [1.165, 1.54) is 0 Å². The van der Waals surface area contributed by atoms with Crippen molar-refractivity contribution in [2.75, 3.05) is 27.7 Å². The Kier molecular flexibility index (Phi) is 4.58. The maximum absolute atomic E-state index is 11.8. The summed E-state index contributed by atoms with van der Waals surface area (Å²) in [5, 5.41) is 4.35. The van der Waals surface area contributed by atoms with Gasteiger partial charge in [-0.2, -0.15) is 5.10 Å². The normalized spacial score (nSPS) is 14.9. The van der Waals surface area contributed by atoms with Gasteiger partial charge in [-0.25, -0.2) is 0 Å². The number of nitrogens with zero attached hydrogens (tertiary/aromatic N) is 3. The number of likely N-dealkylation sites (N-methyl/N-ethyl adjacent to an activating group) is 1. The minimum atomic E-state index is 0.337. The molecule has 0 radical (unpaired) electrons. The number of Topliss-reactive ketones (excluding diaryl/α,β-unsaturated/α-hetero) is 1. The Morgan fingerprint density at radius 1 is 1.53 bits per heavy atom. The number of carbonyl (C=O) groups excluding carboxylic acids is 1. The number of carbonyl (C=O) groups is 1. The van der Waals surface area contributed by atoms with E-state index in [1.54, 1.807) is 13.3 Å². The van der Waals surface area contributed by atoms with Crippen molar-refractivity contribution < 1.29 is 9.53 Å². The molecule has 0 aromatic carbocycles. The van der Waals surface area contributed by atoms with Gasteiger partial charge in [-0.1, -0.05) is 0 Å². The molecule has 1 aliphatic carbocycles. The van der Waals surface area contributed by atoms with E-state index >= 15 is 0 Å². The maximum atomic E-state index is 11.8. The van der Waals surface area contributed by atoms with E-state index < -0.39 is 0 Å². The molecule has 0 bridgehead atoms. The Morgan fingerprint density at radius 2 is 2.26 bits per heavy atom. The quantitative estimate of drug-likeness (QED) is 0.712. The highest BCUT2D eigenvalue weighted by Crippen LogP contribution is 2.31. The monoisotopic (exact) mass is 265 g/mol. The van der Waals surface area contributed by atoms with Crippen LogP contribution in [0.15, 0.2) is 6.20 Å². The standard InChI is InChI=1S/C14H23N3O2/c1-16(2)8-9-17-12(14(19-3)10-15-17)6-7-13(18)11-4-5-11/h10-11H,4-9H2,1-3H3. The van der Waals surface area contributed by atoms with Crippen LogP contribution in [-0.2, 0) is 17.8 Å². The molecule has 0 N–H and O–H groups in total. The highest BCUT2D eigenvalue weighted by Gasteiger charge is 2.29. The Labute approximate surface area is 114 Å². The number of ether oxygens (including phenoxy) is 1. The molecule has 5 heteroatoms. The van der Waals surface area contributed by atoms with Gasteiger partial charge in [-0.15, -0.1) is 0 Å². The van der Waals surface area contributed by atoms with E-state index in [1.807, 2.05) is 18.8 Å². The van der Waals surface area contributed by atoms with E-state index in [-0.39, 0.29) is 0 Å². The number of methoxy groups -OCH3 is 1. The summed E-state index contributed by atoms with van der Waals surface area (Å²) >= 11 is 0. The summed E-state index contributed by atoms with van der Waals surface area (Å²) in [6, 6.07) is 0. The van der Waals surface area contributed by atoms with E-state index in [4.69, 9.17) is 4.74 Å². The molecular formula is C14H23N3O2. The van der Waals surface area contributed by atoms with Crippen LogP contribution in [0.25, 0.3) is 0 Å². The van der Waals surface area contributed by atoms with Crippen molar-refractivity contribution in [1.82, 2.24) is 14.7 Å². The number of hydrogen-bond donors (Lipinski definition) is 0. The summed E-state index contributed by atoms with van der Waals surface area (Å²) in [7, 11) is 5.73. The highest BCUT2D eigenvalue weighted by atomic mass is 16.5. The average molecular weight is 265 g/mol. The molecule has 2 rings (SSSR count). The summed E-state index contributed by atoms with van der Waals surface area (Å²) in [6.07, 6.45) is 5.24. The van der Waals surface area contributed by atoms with Crippen LogP contribution in [0, 0.1) is 5.92 Å². The van der Waals surface area contributed by atoms with Gasteiger partial charge in [0.1, 0.15) is 5.78 Å². The first-order valence-electron chi connectivity index (χ1n) is 6.88. The van der Waals surface area contributed by atoms with Gasteiger partial charge in [0, 0.05) is 18.9 Å². The van der Waals surface area contributed by atoms with E-state index in [2.05, 4.69) is 10.00 Å². The molecule has 1 aromatic heterocycles. The lowest BCUT2D eigenvalue weighted by atomic mass is 10.1. The third-order valence-corrected chi connectivity index (χ3v) is 3.53. The lowest BCUT2D eigenvalue weighted by Gasteiger charge is -2.12. The summed E-state index contributed by atoms with van der Waals surface area (Å²) in [6.45, 7) is 1.75. The molecule has 0 atom stereocenters. The van der Waals surface area contributed by atoms with Gasteiger partial charge in [0.05, 0.1) is 25.5 Å². The lowest BCUT2D eigenvalue weighted by Crippen LogP contribution is -2.20. The second-order valence-electron chi connectivity index (χ2n) is 5.43. The summed E-state index contributed by atoms with van der Waals surface area (Å²) in [4.78, 5) is 13.9. The second kappa shape index (κ2) is 6.19. The molecule has 19 heavy (non-hydrogen) atoms. The smallest absolute Gasteiger partial charge is 0.159 e. The molecule has 0 spiro atoms. The van der Waals surface area contributed by atoms with Gasteiger partial charge < -0.3 is 9.64 Å². The van der Waals surface area contributed by atoms with Gasteiger partial charge in [0.25, 0.3) is 0 Å². The van der Waals surface area contributed by atoms with Crippen molar-refractivity contribution in [3.8, 4) is 5.75 Å². The first kappa shape index (κ1) is 14.1. The van der Waals surface area contributed by atoms with Crippen molar-refractivity contribution in [2.45, 2.75) is 32.2 Å². The molecule has 5 nitrogen and oxygen atoms in total. The first-order valence-corrected chi connectivity index (χ1v) is 6.88. The topological polar surface area (TPSA) is 47.4 Å². The molecule has 1 aromatic rings. The van der Waals surface area contributed by atoms with Crippen LogP contribution in [0.2, 0.25) is 0 Å². The van der Waals surface area contributed by atoms with Crippen LogP contribution in [0.3, 0.4) is 0 Å². The third kappa shape index (κ3) is 3.80. The van der Waals surface area contributed by atoms with E-state index in [0.717, 1.165) is 43.8 Å². The predicted octanol–water partition coefficient (Wildman–Crippen LogP) is 1.36. The molecule has 106 valence electrons. The lowest BCUT2D eigenvalue weighted by molar-refractivity contribution is -0.120. The molecule has 0 aliphatic heterocycles. The van der Waals surface area contributed by atoms with E-state index in [9.17, 15) is 4.79 Å². The van der Waals surface area contributed by atoms with Gasteiger partial charge in [-0.3, -0.25) is 9.48 Å². The minimum absolute atomic E-state index is 0.337. The molecule has 1 heterocycles. The van der Waals surface area contributed by atoms with E-state index in [0.29, 0.717) is 18.1 Å². The largest absolute Gasteiger partial charge is 0.493 e. The van der Waals surface area contributed by atoms with Gasteiger partial charge >= 0.3 is 0 Å². The second-order valence-corrected chi connectivity index (χ2v) is 5.43. The maximum Gasteiger partial charge on any atom is 0.159 e. The summed E-state index contributed by atoms with van der Waals surface area (Å²) in [5.41, 5.74) is 1.04. The predicted molar refractivity (Wildman–Crippen MR) is 73.4 cm³/mol. The fourth-order valence-electron chi connectivity index (χ4n) is 2.15. The summed E-state index contributed by atoms with van der Waals surface area (Å²) < 4.78 is 7.29.